The Kier molecular flexibility index (Phi) is 2.59. The Labute approximate surface area is 96.9 Å². The Hall–Kier alpha value is -2.30. The highest BCUT2D eigenvalue weighted by Crippen LogP contribution is 2.21. The first-order valence-electron chi connectivity index (χ1n) is 4.96. The highest BCUT2D eigenvalue weighted by molar-refractivity contribution is 5.93. The van der Waals surface area contributed by atoms with Crippen LogP contribution in [0.15, 0.2) is 29.1 Å². The van der Waals surface area contributed by atoms with Gasteiger partial charge in [0, 0.05) is 13.1 Å². The van der Waals surface area contributed by atoms with Crippen molar-refractivity contribution in [1.82, 2.24) is 4.57 Å². The minimum Gasteiger partial charge on any atom is -0.507 e. The third kappa shape index (κ3) is 1.65. The van der Waals surface area contributed by atoms with Crippen molar-refractivity contribution in [3.63, 3.8) is 0 Å². The topological polar surface area (TPSA) is 68.5 Å². The van der Waals surface area contributed by atoms with E-state index >= 15 is 0 Å². The van der Waals surface area contributed by atoms with Crippen LogP contribution in [0.4, 0.5) is 0 Å². The first-order chi connectivity index (χ1) is 8.06. The quantitative estimate of drug-likeness (QED) is 0.747. The van der Waals surface area contributed by atoms with Crippen LogP contribution in [0.25, 0.3) is 10.9 Å². The van der Waals surface area contributed by atoms with E-state index in [9.17, 15) is 14.7 Å². The summed E-state index contributed by atoms with van der Waals surface area (Å²) in [5.74, 6) is -0.686. The minimum absolute atomic E-state index is 0.0977. The lowest BCUT2D eigenvalue weighted by Gasteiger charge is -2.10. The number of nitrogens with zero attached hydrogens (tertiary/aromatic N) is 1. The summed E-state index contributed by atoms with van der Waals surface area (Å²) in [6.07, 6.45) is 0. The van der Waals surface area contributed by atoms with Gasteiger partial charge in [0.1, 0.15) is 11.4 Å². The van der Waals surface area contributed by atoms with Crippen molar-refractivity contribution in [3.8, 4) is 5.75 Å². The van der Waals surface area contributed by atoms with Gasteiger partial charge in [-0.25, -0.2) is 4.79 Å². The molecule has 2 aromatic rings. The van der Waals surface area contributed by atoms with Crippen LogP contribution < -0.4 is 5.43 Å². The van der Waals surface area contributed by atoms with Crippen molar-refractivity contribution in [2.24, 2.45) is 7.05 Å². The smallest absolute Gasteiger partial charge is 0.354 e. The van der Waals surface area contributed by atoms with E-state index in [1.807, 2.05) is 0 Å². The molecule has 0 fully saturated rings. The van der Waals surface area contributed by atoms with Crippen LogP contribution in [0.2, 0.25) is 0 Å². The van der Waals surface area contributed by atoms with Crippen molar-refractivity contribution in [3.05, 3.63) is 40.2 Å². The van der Waals surface area contributed by atoms with E-state index < -0.39 is 11.4 Å². The summed E-state index contributed by atoms with van der Waals surface area (Å²) in [5.41, 5.74) is 0.227. The molecule has 88 valence electrons. The molecule has 0 radical (unpaired) electrons. The number of carbonyl (C=O) groups is 1. The molecule has 1 aromatic carbocycles. The molecule has 0 aliphatic rings. The fourth-order valence-electron chi connectivity index (χ4n) is 1.78. The molecule has 0 aliphatic carbocycles. The molecular weight excluding hydrogens is 222 g/mol. The van der Waals surface area contributed by atoms with E-state index in [0.29, 0.717) is 5.52 Å². The summed E-state index contributed by atoms with van der Waals surface area (Å²) in [5, 5.41) is 9.83. The number of aryl methyl sites for hydroxylation is 1. The molecule has 0 bridgehead atoms. The second-order valence-corrected chi connectivity index (χ2v) is 3.62. The summed E-state index contributed by atoms with van der Waals surface area (Å²) >= 11 is 0. The molecular formula is C12H11NO4. The molecule has 0 aliphatic heterocycles. The third-order valence-electron chi connectivity index (χ3n) is 2.65. The molecule has 1 N–H and O–H groups in total. The predicted molar refractivity (Wildman–Crippen MR) is 62.2 cm³/mol. The first-order valence-corrected chi connectivity index (χ1v) is 4.96. The highest BCUT2D eigenvalue weighted by atomic mass is 16.5. The van der Waals surface area contributed by atoms with Crippen LogP contribution in [-0.2, 0) is 11.8 Å². The Morgan fingerprint density at radius 1 is 1.41 bits per heavy atom. The number of pyridine rings is 1. The second kappa shape index (κ2) is 3.93. The number of ether oxygens (including phenoxy) is 1. The van der Waals surface area contributed by atoms with E-state index in [0.717, 1.165) is 6.07 Å². The summed E-state index contributed by atoms with van der Waals surface area (Å²) in [6.45, 7) is 0. The number of benzene rings is 1. The average molecular weight is 233 g/mol. The van der Waals surface area contributed by atoms with Gasteiger partial charge in [0.2, 0.25) is 0 Å². The third-order valence-corrected chi connectivity index (χ3v) is 2.65. The molecule has 0 saturated carbocycles. The zero-order valence-corrected chi connectivity index (χ0v) is 9.43. The van der Waals surface area contributed by atoms with E-state index in [4.69, 9.17) is 0 Å². The Balaban J connectivity index is 2.91. The average Bonchev–Trinajstić information content (AvgIpc) is 2.32. The van der Waals surface area contributed by atoms with Gasteiger partial charge >= 0.3 is 5.97 Å². The second-order valence-electron chi connectivity index (χ2n) is 3.62. The van der Waals surface area contributed by atoms with Crippen molar-refractivity contribution in [2.45, 2.75) is 0 Å². The number of hydrogen-bond acceptors (Lipinski definition) is 4. The van der Waals surface area contributed by atoms with Crippen LogP contribution in [-0.4, -0.2) is 22.8 Å². The number of aromatic nitrogens is 1. The van der Waals surface area contributed by atoms with Gasteiger partial charge in [0.05, 0.1) is 18.0 Å². The number of hydrogen-bond donors (Lipinski definition) is 1. The van der Waals surface area contributed by atoms with Crippen molar-refractivity contribution >= 4 is 16.9 Å². The molecule has 2 rings (SSSR count). The summed E-state index contributed by atoms with van der Waals surface area (Å²) in [7, 11) is 2.88. The number of aromatic hydroxyl groups is 1. The van der Waals surface area contributed by atoms with Crippen molar-refractivity contribution < 1.29 is 14.6 Å². The van der Waals surface area contributed by atoms with Gasteiger partial charge < -0.3 is 14.4 Å². The van der Waals surface area contributed by atoms with Gasteiger partial charge in [-0.3, -0.25) is 4.79 Å². The molecule has 0 amide bonds. The van der Waals surface area contributed by atoms with Crippen LogP contribution >= 0.6 is 0 Å². The molecule has 0 saturated heterocycles. The highest BCUT2D eigenvalue weighted by Gasteiger charge is 2.14. The molecule has 17 heavy (non-hydrogen) atoms. The molecule has 1 aromatic heterocycles. The van der Waals surface area contributed by atoms with E-state index in [-0.39, 0.29) is 16.8 Å². The number of methoxy groups -OCH3 is 1. The number of phenolic OH excluding ortho intramolecular Hbond substituents is 1. The van der Waals surface area contributed by atoms with Crippen LogP contribution in [0.3, 0.4) is 0 Å². The SMILES string of the molecule is COC(=O)c1cc(=O)c2c(O)cccc2n1C. The maximum atomic E-state index is 11.8. The molecule has 0 atom stereocenters. The van der Waals surface area contributed by atoms with Crippen LogP contribution in [0.5, 0.6) is 5.75 Å². The van der Waals surface area contributed by atoms with Crippen LogP contribution in [0, 0.1) is 0 Å². The fourth-order valence-corrected chi connectivity index (χ4v) is 1.78. The zero-order chi connectivity index (χ0) is 12.6. The lowest BCUT2D eigenvalue weighted by atomic mass is 10.1. The Morgan fingerprint density at radius 3 is 2.76 bits per heavy atom. The van der Waals surface area contributed by atoms with Gasteiger partial charge in [-0.05, 0) is 12.1 Å². The van der Waals surface area contributed by atoms with Crippen molar-refractivity contribution in [2.75, 3.05) is 7.11 Å². The van der Waals surface area contributed by atoms with Crippen LogP contribution in [0.1, 0.15) is 10.5 Å². The predicted octanol–water partition coefficient (Wildman–Crippen LogP) is 1.03. The zero-order valence-electron chi connectivity index (χ0n) is 9.43. The maximum Gasteiger partial charge on any atom is 0.354 e. The fraction of sp³-hybridized carbons (Fsp3) is 0.167. The number of carbonyl (C=O) groups excluding carboxylic acids is 1. The molecule has 1 heterocycles. The van der Waals surface area contributed by atoms with Crippen molar-refractivity contribution in [1.29, 1.82) is 0 Å². The number of phenols is 1. The normalized spacial score (nSPS) is 10.5. The number of rotatable bonds is 1. The number of fused-ring (bicyclic) bond motifs is 1. The number of esters is 1. The Morgan fingerprint density at radius 2 is 2.12 bits per heavy atom. The molecule has 5 nitrogen and oxygen atoms in total. The Bertz CT molecular complexity index is 657. The standard InChI is InChI=1S/C12H11NO4/c1-13-7-4-3-5-9(14)11(7)10(15)6-8(13)12(16)17-2/h3-6,14H,1-2H3. The first kappa shape index (κ1) is 11.2. The summed E-state index contributed by atoms with van der Waals surface area (Å²) < 4.78 is 6.11. The lowest BCUT2D eigenvalue weighted by Crippen LogP contribution is -2.17. The lowest BCUT2D eigenvalue weighted by molar-refractivity contribution is 0.0589. The maximum absolute atomic E-state index is 11.8. The summed E-state index contributed by atoms with van der Waals surface area (Å²) in [4.78, 5) is 23.3. The van der Waals surface area contributed by atoms with Gasteiger partial charge in [-0.2, -0.15) is 0 Å². The largest absolute Gasteiger partial charge is 0.507 e. The summed E-state index contributed by atoms with van der Waals surface area (Å²) in [6, 6.07) is 5.86. The van der Waals surface area contributed by atoms with Gasteiger partial charge in [-0.1, -0.05) is 6.07 Å². The molecule has 0 unspecified atom stereocenters. The van der Waals surface area contributed by atoms with E-state index in [1.54, 1.807) is 19.2 Å². The minimum atomic E-state index is -0.588. The monoisotopic (exact) mass is 233 g/mol. The van der Waals surface area contributed by atoms with E-state index in [1.165, 1.54) is 17.7 Å². The van der Waals surface area contributed by atoms with Gasteiger partial charge in [-0.15, -0.1) is 0 Å². The van der Waals surface area contributed by atoms with E-state index in [2.05, 4.69) is 4.74 Å². The van der Waals surface area contributed by atoms with Gasteiger partial charge in [0.15, 0.2) is 5.43 Å². The molecule has 0 spiro atoms. The van der Waals surface area contributed by atoms with Gasteiger partial charge in [0.25, 0.3) is 0 Å². The molecule has 5 heteroatoms.